The number of nitrogens with two attached hydrogens (primary N) is 1. The van der Waals surface area contributed by atoms with Crippen LogP contribution >= 0.6 is 15.9 Å². The molecule has 1 unspecified atom stereocenters. The smallest absolute Gasteiger partial charge is 0.122 e. The maximum Gasteiger partial charge on any atom is 0.122 e. The van der Waals surface area contributed by atoms with Gasteiger partial charge in [-0.2, -0.15) is 0 Å². The summed E-state index contributed by atoms with van der Waals surface area (Å²) in [5, 5.41) is 0. The highest BCUT2D eigenvalue weighted by molar-refractivity contribution is 9.10. The quantitative estimate of drug-likeness (QED) is 0.811. The Morgan fingerprint density at radius 3 is 2.65 bits per heavy atom. The Morgan fingerprint density at radius 2 is 1.95 bits per heavy atom. The lowest BCUT2D eigenvalue weighted by Gasteiger charge is -2.30. The van der Waals surface area contributed by atoms with Crippen LogP contribution in [0, 0.1) is 5.41 Å². The summed E-state index contributed by atoms with van der Waals surface area (Å²) >= 11 is 3.55. The third-order valence-corrected chi connectivity index (χ3v) is 5.11. The predicted molar refractivity (Wildman–Crippen MR) is 88.2 cm³/mol. The first-order valence-corrected chi connectivity index (χ1v) is 8.24. The molecule has 1 atom stereocenters. The van der Waals surface area contributed by atoms with Crippen molar-refractivity contribution >= 4 is 15.9 Å². The van der Waals surface area contributed by atoms with Crippen molar-refractivity contribution in [2.75, 3.05) is 7.11 Å². The molecule has 0 aromatic heterocycles. The van der Waals surface area contributed by atoms with Crippen molar-refractivity contribution in [3.05, 3.63) is 28.2 Å². The van der Waals surface area contributed by atoms with E-state index in [0.717, 1.165) is 29.5 Å². The van der Waals surface area contributed by atoms with E-state index in [1.807, 2.05) is 12.1 Å². The van der Waals surface area contributed by atoms with Crippen molar-refractivity contribution in [3.63, 3.8) is 0 Å². The lowest BCUT2D eigenvalue weighted by Crippen LogP contribution is -2.41. The fraction of sp³-hybridized carbons (Fsp3) is 0.647. The van der Waals surface area contributed by atoms with Gasteiger partial charge in [0, 0.05) is 10.0 Å². The van der Waals surface area contributed by atoms with Crippen molar-refractivity contribution in [3.8, 4) is 5.75 Å². The average Bonchev–Trinajstić information content (AvgIpc) is 2.49. The molecule has 3 heteroatoms. The first-order valence-electron chi connectivity index (χ1n) is 7.45. The Hall–Kier alpha value is -0.540. The van der Waals surface area contributed by atoms with Crippen LogP contribution in [0.5, 0.6) is 5.75 Å². The molecule has 1 aromatic carbocycles. The van der Waals surface area contributed by atoms with E-state index in [4.69, 9.17) is 10.5 Å². The van der Waals surface area contributed by atoms with Gasteiger partial charge in [-0.25, -0.2) is 0 Å². The number of hydrogen-bond donors (Lipinski definition) is 1. The summed E-state index contributed by atoms with van der Waals surface area (Å²) in [6, 6.07) is 6.18. The van der Waals surface area contributed by atoms with Crippen molar-refractivity contribution in [1.82, 2.24) is 0 Å². The van der Waals surface area contributed by atoms with Crippen LogP contribution in [0.25, 0.3) is 0 Å². The van der Waals surface area contributed by atoms with Gasteiger partial charge in [-0.15, -0.1) is 0 Å². The van der Waals surface area contributed by atoms with Crippen LogP contribution in [0.3, 0.4) is 0 Å². The Morgan fingerprint density at radius 1 is 1.20 bits per heavy atom. The maximum atomic E-state index is 6.72. The first kappa shape index (κ1) is 15.8. The average molecular weight is 340 g/mol. The van der Waals surface area contributed by atoms with Crippen molar-refractivity contribution in [1.29, 1.82) is 0 Å². The largest absolute Gasteiger partial charge is 0.496 e. The van der Waals surface area contributed by atoms with Gasteiger partial charge in [0.25, 0.3) is 0 Å². The fourth-order valence-corrected chi connectivity index (χ4v) is 3.61. The highest BCUT2D eigenvalue weighted by atomic mass is 79.9. The Labute approximate surface area is 131 Å². The summed E-state index contributed by atoms with van der Waals surface area (Å²) in [6.45, 7) is 4.72. The molecule has 0 heterocycles. The van der Waals surface area contributed by atoms with Gasteiger partial charge in [-0.1, -0.05) is 36.2 Å². The second-order valence-electron chi connectivity index (χ2n) is 7.01. The molecular formula is C17H26BrNO. The molecule has 1 fully saturated rings. The molecule has 0 aliphatic heterocycles. The van der Waals surface area contributed by atoms with Gasteiger partial charge < -0.3 is 10.5 Å². The minimum atomic E-state index is -0.0954. The van der Waals surface area contributed by atoms with E-state index in [1.54, 1.807) is 7.11 Å². The van der Waals surface area contributed by atoms with Gasteiger partial charge in [0.15, 0.2) is 0 Å². The lowest BCUT2D eigenvalue weighted by atomic mass is 9.81. The van der Waals surface area contributed by atoms with Crippen LogP contribution in [0.4, 0.5) is 0 Å². The molecule has 2 nitrogen and oxygen atoms in total. The Kier molecular flexibility index (Phi) is 4.80. The van der Waals surface area contributed by atoms with E-state index >= 15 is 0 Å². The van der Waals surface area contributed by atoms with Crippen LogP contribution in [-0.4, -0.2) is 12.6 Å². The van der Waals surface area contributed by atoms with Gasteiger partial charge in [0.2, 0.25) is 0 Å². The van der Waals surface area contributed by atoms with E-state index in [9.17, 15) is 0 Å². The second-order valence-corrected chi connectivity index (χ2v) is 7.93. The first-order chi connectivity index (χ1) is 9.34. The van der Waals surface area contributed by atoms with Gasteiger partial charge in [0.1, 0.15) is 5.75 Å². The van der Waals surface area contributed by atoms with Crippen LogP contribution in [-0.2, 0) is 6.42 Å². The summed E-state index contributed by atoms with van der Waals surface area (Å²) in [5.74, 6) is 0.946. The number of halogens is 1. The molecule has 2 rings (SSSR count). The summed E-state index contributed by atoms with van der Waals surface area (Å²) in [7, 11) is 1.73. The van der Waals surface area contributed by atoms with Gasteiger partial charge in [0.05, 0.1) is 7.11 Å². The van der Waals surface area contributed by atoms with Gasteiger partial charge >= 0.3 is 0 Å². The zero-order chi connectivity index (χ0) is 14.8. The van der Waals surface area contributed by atoms with Crippen LogP contribution in [0.15, 0.2) is 22.7 Å². The van der Waals surface area contributed by atoms with Crippen LogP contribution in [0.2, 0.25) is 0 Å². The molecule has 1 aromatic rings. The maximum absolute atomic E-state index is 6.72. The molecule has 1 saturated carbocycles. The number of benzene rings is 1. The van der Waals surface area contributed by atoms with E-state index < -0.39 is 0 Å². The number of hydrogen-bond acceptors (Lipinski definition) is 2. The molecule has 112 valence electrons. The molecular weight excluding hydrogens is 314 g/mol. The van der Waals surface area contributed by atoms with Crippen molar-refractivity contribution < 1.29 is 4.74 Å². The van der Waals surface area contributed by atoms with Crippen LogP contribution in [0.1, 0.15) is 51.5 Å². The minimum Gasteiger partial charge on any atom is -0.496 e. The number of rotatable bonds is 3. The monoisotopic (exact) mass is 339 g/mol. The molecule has 1 aliphatic rings. The SMILES string of the molecule is COc1ccc(Br)cc1CC1(N)CCCC(C)(C)CC1. The molecule has 2 N–H and O–H groups in total. The Balaban J connectivity index is 2.18. The zero-order valence-corrected chi connectivity index (χ0v) is 14.4. The topological polar surface area (TPSA) is 35.2 Å². The minimum absolute atomic E-state index is 0.0954. The molecule has 0 saturated heterocycles. The standard InChI is InChI=1S/C17H26BrNO/c1-16(2)7-4-8-17(19,10-9-16)12-13-11-14(18)5-6-15(13)20-3/h5-6,11H,4,7-10,12,19H2,1-3H3. The van der Waals surface area contributed by atoms with Crippen LogP contribution < -0.4 is 10.5 Å². The van der Waals surface area contributed by atoms with Crippen molar-refractivity contribution in [2.24, 2.45) is 11.1 Å². The molecule has 0 spiro atoms. The van der Waals surface area contributed by atoms with E-state index in [0.29, 0.717) is 5.41 Å². The third kappa shape index (κ3) is 3.98. The lowest BCUT2D eigenvalue weighted by molar-refractivity contribution is 0.295. The highest BCUT2D eigenvalue weighted by Gasteiger charge is 2.33. The normalized spacial score (nSPS) is 26.1. The van der Waals surface area contributed by atoms with Crippen molar-refractivity contribution in [2.45, 2.75) is 57.9 Å². The second kappa shape index (κ2) is 6.07. The summed E-state index contributed by atoms with van der Waals surface area (Å²) in [6.07, 6.45) is 6.80. The number of methoxy groups -OCH3 is 1. The van der Waals surface area contributed by atoms with E-state index in [1.165, 1.54) is 24.8 Å². The Bertz CT molecular complexity index is 472. The molecule has 1 aliphatic carbocycles. The highest BCUT2D eigenvalue weighted by Crippen LogP contribution is 2.39. The fourth-order valence-electron chi connectivity index (χ4n) is 3.20. The molecule has 0 radical (unpaired) electrons. The number of ether oxygens (including phenoxy) is 1. The molecule has 0 amide bonds. The van der Waals surface area contributed by atoms with E-state index in [2.05, 4.69) is 35.8 Å². The summed E-state index contributed by atoms with van der Waals surface area (Å²) in [4.78, 5) is 0. The predicted octanol–water partition coefficient (Wildman–Crippen LogP) is 4.69. The summed E-state index contributed by atoms with van der Waals surface area (Å²) in [5.41, 5.74) is 8.26. The molecule has 0 bridgehead atoms. The van der Waals surface area contributed by atoms with Gasteiger partial charge in [-0.3, -0.25) is 0 Å². The molecule has 20 heavy (non-hydrogen) atoms. The zero-order valence-electron chi connectivity index (χ0n) is 12.8. The third-order valence-electron chi connectivity index (χ3n) is 4.61. The summed E-state index contributed by atoms with van der Waals surface area (Å²) < 4.78 is 6.57. The van der Waals surface area contributed by atoms with E-state index in [-0.39, 0.29) is 5.54 Å². The van der Waals surface area contributed by atoms with Gasteiger partial charge in [-0.05, 0) is 61.3 Å².